The van der Waals surface area contributed by atoms with E-state index in [0.717, 1.165) is 68.2 Å². The van der Waals surface area contributed by atoms with Crippen molar-refractivity contribution < 1.29 is 0 Å². The normalized spacial score (nSPS) is 11.6. The van der Waals surface area contributed by atoms with Crippen LogP contribution in [0.5, 0.6) is 0 Å². The molecule has 0 saturated carbocycles. The second-order valence-corrected chi connectivity index (χ2v) is 8.49. The summed E-state index contributed by atoms with van der Waals surface area (Å²) in [4.78, 5) is 17.0. The van der Waals surface area contributed by atoms with Crippen molar-refractivity contribution in [3.05, 3.63) is 109 Å². The molecule has 36 heavy (non-hydrogen) atoms. The first-order chi connectivity index (χ1) is 17.6. The van der Waals surface area contributed by atoms with Crippen LogP contribution in [0.2, 0.25) is 0 Å². The number of nitrogens with zero attached hydrogens (tertiary/aromatic N) is 4. The third-order valence-electron chi connectivity index (χ3n) is 6.03. The van der Waals surface area contributed by atoms with E-state index < -0.39 is 0 Å². The predicted molar refractivity (Wildman–Crippen MR) is 146 cm³/mol. The highest BCUT2D eigenvalue weighted by molar-refractivity contribution is 5.94. The number of nitrogens with one attached hydrogen (secondary N) is 3. The minimum absolute atomic E-state index is 0.649. The topological polar surface area (TPSA) is 95.2 Å². The molecule has 0 unspecified atom stereocenters. The van der Waals surface area contributed by atoms with Crippen molar-refractivity contribution in [1.29, 1.82) is 0 Å². The highest BCUT2D eigenvalue weighted by atomic mass is 15.2. The van der Waals surface area contributed by atoms with Gasteiger partial charge in [0, 0.05) is 57.6 Å². The summed E-state index contributed by atoms with van der Waals surface area (Å²) in [6.07, 6.45) is 11.8. The van der Waals surface area contributed by atoms with Gasteiger partial charge in [0.25, 0.3) is 0 Å². The maximum atomic E-state index is 4.60. The number of allylic oxidation sites excluding steroid dienone is 3. The Hall–Kier alpha value is -4.78. The molecule has 0 fully saturated rings. The van der Waals surface area contributed by atoms with E-state index in [1.165, 1.54) is 0 Å². The van der Waals surface area contributed by atoms with Crippen LogP contribution in [-0.2, 0) is 0 Å². The molecule has 7 heteroatoms. The lowest BCUT2D eigenvalue weighted by Gasteiger charge is -2.09. The molecule has 0 bridgehead atoms. The summed E-state index contributed by atoms with van der Waals surface area (Å²) < 4.78 is 0. The first-order valence-corrected chi connectivity index (χ1v) is 11.8. The molecule has 0 radical (unpaired) electrons. The lowest BCUT2D eigenvalue weighted by molar-refractivity contribution is 1.09. The number of hydrogen-bond donors (Lipinski definition) is 3. The first kappa shape index (κ1) is 23.0. The van der Waals surface area contributed by atoms with Gasteiger partial charge in [-0.2, -0.15) is 5.10 Å². The third-order valence-corrected chi connectivity index (χ3v) is 6.03. The number of aromatic nitrogens is 6. The number of aromatic amines is 2. The standard InChI is InChI=1S/C29H27N7/c1-5-9-23(26-10-7-8-11-31-26)24-14-27(34-19(24)4)28-25-13-21(16-32-29(25)36-35-28)20-12-22(17-30-15-20)33-18(3)6-2/h5,7-17,33-34H,1,3,6H2,2,4H3,(H,32,35,36)/b23-9+. The van der Waals surface area contributed by atoms with Gasteiger partial charge in [0.2, 0.25) is 0 Å². The highest BCUT2D eigenvalue weighted by Gasteiger charge is 2.17. The van der Waals surface area contributed by atoms with E-state index in [-0.39, 0.29) is 0 Å². The molecule has 0 aliphatic carbocycles. The van der Waals surface area contributed by atoms with E-state index in [0.29, 0.717) is 5.65 Å². The van der Waals surface area contributed by atoms with Gasteiger partial charge in [0.1, 0.15) is 0 Å². The summed E-state index contributed by atoms with van der Waals surface area (Å²) >= 11 is 0. The van der Waals surface area contributed by atoms with E-state index in [9.17, 15) is 0 Å². The smallest absolute Gasteiger partial charge is 0.181 e. The van der Waals surface area contributed by atoms with Crippen LogP contribution >= 0.6 is 0 Å². The lowest BCUT2D eigenvalue weighted by Crippen LogP contribution is -1.97. The van der Waals surface area contributed by atoms with Crippen LogP contribution in [0.25, 0.3) is 39.1 Å². The zero-order valence-electron chi connectivity index (χ0n) is 20.3. The van der Waals surface area contributed by atoms with Gasteiger partial charge in [-0.3, -0.25) is 15.1 Å². The molecule has 178 valence electrons. The van der Waals surface area contributed by atoms with Crippen molar-refractivity contribution in [2.45, 2.75) is 20.3 Å². The Balaban J connectivity index is 1.55. The number of anilines is 1. The summed E-state index contributed by atoms with van der Waals surface area (Å²) in [5, 5.41) is 11.8. The van der Waals surface area contributed by atoms with Crippen molar-refractivity contribution in [2.24, 2.45) is 0 Å². The first-order valence-electron chi connectivity index (χ1n) is 11.8. The van der Waals surface area contributed by atoms with Crippen molar-refractivity contribution in [1.82, 2.24) is 30.1 Å². The quantitative estimate of drug-likeness (QED) is 0.219. The summed E-state index contributed by atoms with van der Waals surface area (Å²) in [5.41, 5.74) is 10.1. The Labute approximate surface area is 209 Å². The predicted octanol–water partition coefficient (Wildman–Crippen LogP) is 6.67. The van der Waals surface area contributed by atoms with E-state index >= 15 is 0 Å². The molecule has 5 rings (SSSR count). The van der Waals surface area contributed by atoms with Gasteiger partial charge in [-0.25, -0.2) is 4.98 Å². The number of H-pyrrole nitrogens is 2. The van der Waals surface area contributed by atoms with E-state index in [1.807, 2.05) is 42.7 Å². The Morgan fingerprint density at radius 2 is 1.94 bits per heavy atom. The third kappa shape index (κ3) is 4.46. The molecule has 0 spiro atoms. The van der Waals surface area contributed by atoms with E-state index in [2.05, 4.69) is 74.6 Å². The fourth-order valence-corrected chi connectivity index (χ4v) is 4.15. The molecule has 0 aliphatic rings. The Kier molecular flexibility index (Phi) is 6.28. The second kappa shape index (κ2) is 9.84. The summed E-state index contributed by atoms with van der Waals surface area (Å²) in [6.45, 7) is 12.0. The zero-order valence-corrected chi connectivity index (χ0v) is 20.3. The minimum atomic E-state index is 0.649. The van der Waals surface area contributed by atoms with Crippen LogP contribution in [0.15, 0.2) is 92.2 Å². The molecule has 5 heterocycles. The molecule has 0 aromatic carbocycles. The van der Waals surface area contributed by atoms with Crippen molar-refractivity contribution in [2.75, 3.05) is 5.32 Å². The monoisotopic (exact) mass is 473 g/mol. The SMILES string of the molecule is C=C/C=C(/c1ccccn1)c1cc(-c2[nH]nc3ncc(-c4cncc(NC(=C)CC)c4)cc23)[nH]c1C. The van der Waals surface area contributed by atoms with Crippen molar-refractivity contribution >= 4 is 22.3 Å². The molecular weight excluding hydrogens is 446 g/mol. The minimum Gasteiger partial charge on any atom is -0.358 e. The summed E-state index contributed by atoms with van der Waals surface area (Å²) in [7, 11) is 0. The Morgan fingerprint density at radius 3 is 2.72 bits per heavy atom. The average Bonchev–Trinajstić information content (AvgIpc) is 3.50. The molecule has 0 atom stereocenters. The number of hydrogen-bond acceptors (Lipinski definition) is 5. The number of fused-ring (bicyclic) bond motifs is 1. The summed E-state index contributed by atoms with van der Waals surface area (Å²) in [5.74, 6) is 0. The number of aryl methyl sites for hydroxylation is 1. The van der Waals surface area contributed by atoms with E-state index in [4.69, 9.17) is 0 Å². The van der Waals surface area contributed by atoms with Crippen LogP contribution < -0.4 is 5.32 Å². The second-order valence-electron chi connectivity index (χ2n) is 8.49. The van der Waals surface area contributed by atoms with Gasteiger partial charge in [-0.05, 0) is 43.7 Å². The van der Waals surface area contributed by atoms with Gasteiger partial charge < -0.3 is 10.3 Å². The molecule has 5 aromatic rings. The Morgan fingerprint density at radius 1 is 1.08 bits per heavy atom. The fraction of sp³-hybridized carbons (Fsp3) is 0.103. The molecule has 5 aromatic heterocycles. The van der Waals surface area contributed by atoms with Crippen molar-refractivity contribution in [3.63, 3.8) is 0 Å². The average molecular weight is 474 g/mol. The van der Waals surface area contributed by atoms with Gasteiger partial charge in [0.05, 0.1) is 29.0 Å². The molecular formula is C29H27N7. The van der Waals surface area contributed by atoms with Gasteiger partial charge >= 0.3 is 0 Å². The van der Waals surface area contributed by atoms with Crippen LogP contribution in [-0.4, -0.2) is 30.1 Å². The van der Waals surface area contributed by atoms with Gasteiger partial charge in [-0.15, -0.1) is 0 Å². The maximum absolute atomic E-state index is 4.60. The van der Waals surface area contributed by atoms with Crippen molar-refractivity contribution in [3.8, 4) is 22.5 Å². The van der Waals surface area contributed by atoms with Crippen LogP contribution in [0.4, 0.5) is 5.69 Å². The van der Waals surface area contributed by atoms with Crippen LogP contribution in [0.1, 0.15) is 30.3 Å². The number of pyridine rings is 3. The maximum Gasteiger partial charge on any atom is 0.181 e. The summed E-state index contributed by atoms with van der Waals surface area (Å²) in [6, 6.07) is 12.1. The molecule has 0 amide bonds. The molecule has 7 nitrogen and oxygen atoms in total. The molecule has 0 saturated heterocycles. The molecule has 0 aliphatic heterocycles. The zero-order chi connectivity index (χ0) is 25.1. The fourth-order valence-electron chi connectivity index (χ4n) is 4.15. The highest BCUT2D eigenvalue weighted by Crippen LogP contribution is 2.33. The number of rotatable bonds is 8. The van der Waals surface area contributed by atoms with Crippen LogP contribution in [0.3, 0.4) is 0 Å². The van der Waals surface area contributed by atoms with Gasteiger partial charge in [0.15, 0.2) is 5.65 Å². The van der Waals surface area contributed by atoms with Crippen LogP contribution in [0, 0.1) is 6.92 Å². The van der Waals surface area contributed by atoms with E-state index in [1.54, 1.807) is 18.5 Å². The molecule has 3 N–H and O–H groups in total. The lowest BCUT2D eigenvalue weighted by atomic mass is 10.0. The van der Waals surface area contributed by atoms with Gasteiger partial charge in [-0.1, -0.05) is 38.3 Å². The Bertz CT molecular complexity index is 1590. The largest absolute Gasteiger partial charge is 0.358 e.